The van der Waals surface area contributed by atoms with E-state index in [1.165, 1.54) is 5.56 Å². The maximum absolute atomic E-state index is 12.4. The van der Waals surface area contributed by atoms with Crippen molar-refractivity contribution in [2.75, 3.05) is 4.90 Å². The predicted molar refractivity (Wildman–Crippen MR) is 65.0 cm³/mol. The minimum Gasteiger partial charge on any atom is -0.309 e. The third-order valence-electron chi connectivity index (χ3n) is 3.63. The summed E-state index contributed by atoms with van der Waals surface area (Å²) in [6, 6.07) is 6.02. The van der Waals surface area contributed by atoms with E-state index in [1.807, 2.05) is 36.9 Å². The summed E-state index contributed by atoms with van der Waals surface area (Å²) in [7, 11) is 0. The smallest absolute Gasteiger partial charge is 0.237 e. The molecule has 3 rings (SSSR count). The molecule has 1 aliphatic carbocycles. The Morgan fingerprint density at radius 2 is 2.06 bits per heavy atom. The Hall–Kier alpha value is -1.02. The molecular formula is C13H14ClNO. The summed E-state index contributed by atoms with van der Waals surface area (Å²) in [6.07, 6.45) is 1.98. The second-order valence-electron chi connectivity index (χ2n) is 5.01. The molecule has 0 N–H and O–H groups in total. The predicted octanol–water partition coefficient (Wildman–Crippen LogP) is 3.13. The van der Waals surface area contributed by atoms with Gasteiger partial charge in [0.2, 0.25) is 5.91 Å². The molecule has 0 unspecified atom stereocenters. The summed E-state index contributed by atoms with van der Waals surface area (Å²) in [5.41, 5.74) is 2.00. The Morgan fingerprint density at radius 3 is 2.62 bits per heavy atom. The fourth-order valence-electron chi connectivity index (χ4n) is 2.68. The summed E-state index contributed by atoms with van der Waals surface area (Å²) >= 11 is 6.02. The number of halogens is 1. The van der Waals surface area contributed by atoms with Crippen molar-refractivity contribution in [2.45, 2.75) is 38.1 Å². The highest BCUT2D eigenvalue weighted by atomic mass is 35.5. The molecule has 1 saturated carbocycles. The number of carbonyl (C=O) groups is 1. The van der Waals surface area contributed by atoms with Crippen LogP contribution in [0.5, 0.6) is 0 Å². The number of hydrogen-bond donors (Lipinski definition) is 0. The van der Waals surface area contributed by atoms with E-state index in [2.05, 4.69) is 0 Å². The third-order valence-corrected chi connectivity index (χ3v) is 3.86. The van der Waals surface area contributed by atoms with Crippen LogP contribution in [0.1, 0.15) is 32.3 Å². The normalized spacial score (nSPS) is 20.8. The molecule has 0 radical (unpaired) electrons. The maximum atomic E-state index is 12.4. The zero-order valence-corrected chi connectivity index (χ0v) is 10.2. The highest BCUT2D eigenvalue weighted by molar-refractivity contribution is 6.31. The molecule has 1 spiro atoms. The van der Waals surface area contributed by atoms with Crippen molar-refractivity contribution < 1.29 is 4.79 Å². The summed E-state index contributed by atoms with van der Waals surface area (Å²) in [6.45, 7) is 4.09. The van der Waals surface area contributed by atoms with E-state index in [4.69, 9.17) is 11.6 Å². The Labute approximate surface area is 100 Å². The van der Waals surface area contributed by atoms with Gasteiger partial charge in [-0.15, -0.1) is 0 Å². The molecule has 84 valence electrons. The number of carbonyl (C=O) groups excluding carboxylic acids is 1. The van der Waals surface area contributed by atoms with Crippen molar-refractivity contribution >= 4 is 23.2 Å². The molecule has 2 nitrogen and oxygen atoms in total. The van der Waals surface area contributed by atoms with Gasteiger partial charge in [0.1, 0.15) is 0 Å². The van der Waals surface area contributed by atoms with Crippen LogP contribution in [0, 0.1) is 0 Å². The summed E-state index contributed by atoms with van der Waals surface area (Å²) in [5, 5.41) is 0.704. The molecule has 1 fully saturated rings. The van der Waals surface area contributed by atoms with Gasteiger partial charge in [-0.2, -0.15) is 0 Å². The molecule has 0 bridgehead atoms. The minimum absolute atomic E-state index is 0.190. The number of nitrogens with zero attached hydrogens (tertiary/aromatic N) is 1. The number of hydrogen-bond acceptors (Lipinski definition) is 1. The van der Waals surface area contributed by atoms with Crippen LogP contribution in [-0.4, -0.2) is 11.9 Å². The van der Waals surface area contributed by atoms with Gasteiger partial charge in [0, 0.05) is 16.8 Å². The Kier molecular flexibility index (Phi) is 1.91. The zero-order chi connectivity index (χ0) is 11.5. The second kappa shape index (κ2) is 3.01. The fraction of sp³-hybridized carbons (Fsp3) is 0.462. The van der Waals surface area contributed by atoms with Crippen LogP contribution in [0.15, 0.2) is 18.2 Å². The van der Waals surface area contributed by atoms with E-state index in [9.17, 15) is 4.79 Å². The second-order valence-corrected chi connectivity index (χ2v) is 5.45. The molecule has 0 atom stereocenters. The van der Waals surface area contributed by atoms with Crippen LogP contribution in [0.25, 0.3) is 0 Å². The molecule has 2 aliphatic rings. The van der Waals surface area contributed by atoms with E-state index >= 15 is 0 Å². The van der Waals surface area contributed by atoms with Crippen molar-refractivity contribution in [1.29, 1.82) is 0 Å². The first-order valence-electron chi connectivity index (χ1n) is 5.70. The number of benzene rings is 1. The van der Waals surface area contributed by atoms with E-state index in [0.29, 0.717) is 5.02 Å². The highest BCUT2D eigenvalue weighted by Crippen LogP contribution is 2.58. The van der Waals surface area contributed by atoms with Crippen LogP contribution >= 0.6 is 11.6 Å². The number of fused-ring (bicyclic) bond motifs is 2. The molecule has 1 aromatic rings. The first-order valence-corrected chi connectivity index (χ1v) is 6.08. The number of amides is 1. The van der Waals surface area contributed by atoms with Crippen molar-refractivity contribution in [1.82, 2.24) is 0 Å². The molecule has 0 saturated heterocycles. The Bertz CT molecular complexity index is 477. The van der Waals surface area contributed by atoms with Crippen LogP contribution in [0.4, 0.5) is 5.69 Å². The lowest BCUT2D eigenvalue weighted by atomic mass is 9.98. The van der Waals surface area contributed by atoms with Gasteiger partial charge < -0.3 is 4.90 Å². The van der Waals surface area contributed by atoms with E-state index in [1.54, 1.807) is 0 Å². The molecule has 1 aliphatic heterocycles. The van der Waals surface area contributed by atoms with Gasteiger partial charge in [0.15, 0.2) is 0 Å². The van der Waals surface area contributed by atoms with Gasteiger partial charge >= 0.3 is 0 Å². The van der Waals surface area contributed by atoms with Crippen LogP contribution in [0.3, 0.4) is 0 Å². The molecular weight excluding hydrogens is 222 g/mol. The number of rotatable bonds is 1. The standard InChI is InChI=1S/C13H14ClNO/c1-8(2)15-11-7-9(14)3-4-10(11)13(5-6-13)12(15)16/h3-4,7-8H,5-6H2,1-2H3. The van der Waals surface area contributed by atoms with Gasteiger partial charge in [-0.05, 0) is 44.4 Å². The molecule has 16 heavy (non-hydrogen) atoms. The largest absolute Gasteiger partial charge is 0.309 e. The molecule has 1 amide bonds. The summed E-state index contributed by atoms with van der Waals surface area (Å²) < 4.78 is 0. The lowest BCUT2D eigenvalue weighted by Crippen LogP contribution is -2.37. The summed E-state index contributed by atoms with van der Waals surface area (Å²) in [4.78, 5) is 14.3. The van der Waals surface area contributed by atoms with Gasteiger partial charge in [-0.25, -0.2) is 0 Å². The van der Waals surface area contributed by atoms with Crippen molar-refractivity contribution in [3.63, 3.8) is 0 Å². The lowest BCUT2D eigenvalue weighted by Gasteiger charge is -2.22. The molecule has 1 aromatic carbocycles. The van der Waals surface area contributed by atoms with Crippen molar-refractivity contribution in [3.05, 3.63) is 28.8 Å². The van der Waals surface area contributed by atoms with Gasteiger partial charge in [0.05, 0.1) is 5.41 Å². The average molecular weight is 236 g/mol. The van der Waals surface area contributed by atoms with Crippen LogP contribution in [0.2, 0.25) is 5.02 Å². The quantitative estimate of drug-likeness (QED) is 0.733. The monoisotopic (exact) mass is 235 g/mol. The van der Waals surface area contributed by atoms with Gasteiger partial charge in [-0.3, -0.25) is 4.79 Å². The van der Waals surface area contributed by atoms with E-state index in [0.717, 1.165) is 18.5 Å². The van der Waals surface area contributed by atoms with Crippen molar-refractivity contribution in [2.24, 2.45) is 0 Å². The number of anilines is 1. The fourth-order valence-corrected chi connectivity index (χ4v) is 2.85. The first-order chi connectivity index (χ1) is 7.56. The van der Waals surface area contributed by atoms with Crippen LogP contribution < -0.4 is 4.90 Å². The van der Waals surface area contributed by atoms with Crippen molar-refractivity contribution in [3.8, 4) is 0 Å². The van der Waals surface area contributed by atoms with Gasteiger partial charge in [0.25, 0.3) is 0 Å². The summed E-state index contributed by atoms with van der Waals surface area (Å²) in [5.74, 6) is 0.264. The molecule has 1 heterocycles. The Morgan fingerprint density at radius 1 is 1.38 bits per heavy atom. The molecule has 0 aromatic heterocycles. The average Bonchev–Trinajstić information content (AvgIpc) is 2.94. The van der Waals surface area contributed by atoms with Crippen LogP contribution in [-0.2, 0) is 10.2 Å². The topological polar surface area (TPSA) is 20.3 Å². The zero-order valence-electron chi connectivity index (χ0n) is 9.46. The minimum atomic E-state index is -0.190. The SMILES string of the molecule is CC(C)N1C(=O)C2(CC2)c2ccc(Cl)cc21. The van der Waals surface area contributed by atoms with Gasteiger partial charge in [-0.1, -0.05) is 17.7 Å². The first kappa shape index (κ1) is 10.2. The molecule has 3 heteroatoms. The van der Waals surface area contributed by atoms with E-state index in [-0.39, 0.29) is 17.4 Å². The lowest BCUT2D eigenvalue weighted by molar-refractivity contribution is -0.120. The van der Waals surface area contributed by atoms with E-state index < -0.39 is 0 Å². The maximum Gasteiger partial charge on any atom is 0.237 e. The third kappa shape index (κ3) is 1.11. The highest BCUT2D eigenvalue weighted by Gasteiger charge is 2.59. The Balaban J connectivity index is 2.21.